The van der Waals surface area contributed by atoms with Gasteiger partial charge in [0.05, 0.1) is 11.8 Å². The Morgan fingerprint density at radius 3 is 2.76 bits per heavy atom. The van der Waals surface area contributed by atoms with Crippen molar-refractivity contribution in [3.05, 3.63) is 59.3 Å². The molecule has 4 rings (SSSR count). The highest BCUT2D eigenvalue weighted by molar-refractivity contribution is 5.75. The van der Waals surface area contributed by atoms with Gasteiger partial charge in [-0.05, 0) is 49.2 Å². The average molecular weight is 278 g/mol. The number of anilines is 1. The summed E-state index contributed by atoms with van der Waals surface area (Å²) < 4.78 is 11.4. The Morgan fingerprint density at radius 1 is 1.05 bits per heavy atom. The number of fused-ring (bicyclic) bond motifs is 2. The summed E-state index contributed by atoms with van der Waals surface area (Å²) >= 11 is 0. The van der Waals surface area contributed by atoms with Crippen LogP contribution in [0.1, 0.15) is 17.0 Å². The lowest BCUT2D eigenvalue weighted by Gasteiger charge is -1.95. The number of oxazole rings is 1. The fraction of sp³-hybridized carbons (Fsp3) is 0.118. The minimum atomic E-state index is 0.530. The first-order valence-electron chi connectivity index (χ1n) is 6.82. The lowest BCUT2D eigenvalue weighted by atomic mass is 10.2. The van der Waals surface area contributed by atoms with E-state index in [-0.39, 0.29) is 0 Å². The van der Waals surface area contributed by atoms with Crippen LogP contribution in [0.2, 0.25) is 0 Å². The minimum absolute atomic E-state index is 0.530. The number of hydrogen-bond donors (Lipinski definition) is 1. The van der Waals surface area contributed by atoms with Crippen molar-refractivity contribution in [2.45, 2.75) is 13.8 Å². The van der Waals surface area contributed by atoms with Crippen LogP contribution in [0.4, 0.5) is 5.69 Å². The molecule has 0 amide bonds. The first-order valence-corrected chi connectivity index (χ1v) is 6.82. The average Bonchev–Trinajstić information content (AvgIpc) is 3.00. The molecule has 0 aliphatic carbocycles. The van der Waals surface area contributed by atoms with Crippen molar-refractivity contribution in [2.75, 3.05) is 5.32 Å². The predicted octanol–water partition coefficient (Wildman–Crippen LogP) is 4.25. The van der Waals surface area contributed by atoms with Gasteiger partial charge in [-0.2, -0.15) is 0 Å². The van der Waals surface area contributed by atoms with Gasteiger partial charge in [0.2, 0.25) is 11.8 Å². The van der Waals surface area contributed by atoms with Crippen molar-refractivity contribution in [2.24, 2.45) is 0 Å². The fourth-order valence-corrected chi connectivity index (χ4v) is 2.40. The number of aromatic nitrogens is 1. The standard InChI is InChI=1S/C17H14N2O2/c1-10-3-5-14-12(7-10)18-16(20-14)9-17-19-13-8-11(2)4-6-15(13)21-17/h3-9,18H,1-2H3/b16-9+. The zero-order chi connectivity index (χ0) is 14.4. The summed E-state index contributed by atoms with van der Waals surface area (Å²) in [7, 11) is 0. The van der Waals surface area contributed by atoms with Gasteiger partial charge in [0, 0.05) is 0 Å². The SMILES string of the molecule is Cc1ccc2c(c1)N/C(=C\c1nc3cc(C)ccc3o1)O2. The summed E-state index contributed by atoms with van der Waals surface area (Å²) in [6, 6.07) is 12.0. The fourth-order valence-electron chi connectivity index (χ4n) is 2.40. The third-order valence-corrected chi connectivity index (χ3v) is 3.43. The molecule has 3 aromatic rings. The number of aryl methyl sites for hydroxylation is 2. The van der Waals surface area contributed by atoms with Crippen molar-refractivity contribution < 1.29 is 9.15 Å². The summed E-state index contributed by atoms with van der Waals surface area (Å²) in [5.74, 6) is 1.97. The Labute approximate surface area is 122 Å². The molecule has 0 unspecified atom stereocenters. The van der Waals surface area contributed by atoms with Gasteiger partial charge >= 0.3 is 0 Å². The van der Waals surface area contributed by atoms with Crippen molar-refractivity contribution >= 4 is 22.9 Å². The van der Waals surface area contributed by atoms with E-state index < -0.39 is 0 Å². The van der Waals surface area contributed by atoms with Crippen molar-refractivity contribution in [3.8, 4) is 5.75 Å². The third-order valence-electron chi connectivity index (χ3n) is 3.43. The molecule has 0 spiro atoms. The Hall–Kier alpha value is -2.75. The molecule has 1 N–H and O–H groups in total. The molecule has 1 aromatic heterocycles. The van der Waals surface area contributed by atoms with E-state index in [1.165, 1.54) is 5.56 Å². The van der Waals surface area contributed by atoms with Crippen molar-refractivity contribution in [3.63, 3.8) is 0 Å². The first kappa shape index (κ1) is 12.0. The minimum Gasteiger partial charge on any atom is -0.439 e. The highest BCUT2D eigenvalue weighted by Crippen LogP contribution is 2.34. The molecule has 2 aromatic carbocycles. The molecule has 2 heterocycles. The van der Waals surface area contributed by atoms with Gasteiger partial charge < -0.3 is 14.5 Å². The molecule has 1 aliphatic heterocycles. The summed E-state index contributed by atoms with van der Waals surface area (Å²) in [5, 5.41) is 3.22. The van der Waals surface area contributed by atoms with E-state index in [2.05, 4.69) is 10.3 Å². The van der Waals surface area contributed by atoms with Gasteiger partial charge in [0.15, 0.2) is 11.3 Å². The normalized spacial score (nSPS) is 15.0. The van der Waals surface area contributed by atoms with E-state index in [0.29, 0.717) is 11.8 Å². The maximum atomic E-state index is 5.74. The lowest BCUT2D eigenvalue weighted by Crippen LogP contribution is -1.96. The number of benzene rings is 2. The van der Waals surface area contributed by atoms with E-state index in [0.717, 1.165) is 28.1 Å². The van der Waals surface area contributed by atoms with Crippen molar-refractivity contribution in [1.29, 1.82) is 0 Å². The highest BCUT2D eigenvalue weighted by atomic mass is 16.5. The van der Waals surface area contributed by atoms with Crippen LogP contribution in [0, 0.1) is 13.8 Å². The largest absolute Gasteiger partial charge is 0.439 e. The number of rotatable bonds is 1. The zero-order valence-electron chi connectivity index (χ0n) is 11.8. The molecule has 4 heteroatoms. The summed E-state index contributed by atoms with van der Waals surface area (Å²) in [6.07, 6.45) is 1.77. The van der Waals surface area contributed by atoms with Gasteiger partial charge in [0.1, 0.15) is 5.52 Å². The van der Waals surface area contributed by atoms with Gasteiger partial charge in [-0.3, -0.25) is 0 Å². The first-order chi connectivity index (χ1) is 10.2. The Bertz CT molecular complexity index is 878. The van der Waals surface area contributed by atoms with Crippen LogP contribution in [0.3, 0.4) is 0 Å². The molecule has 0 fully saturated rings. The highest BCUT2D eigenvalue weighted by Gasteiger charge is 2.17. The van der Waals surface area contributed by atoms with Gasteiger partial charge in [-0.25, -0.2) is 4.98 Å². The van der Waals surface area contributed by atoms with Crippen LogP contribution in [0.5, 0.6) is 5.75 Å². The summed E-state index contributed by atoms with van der Waals surface area (Å²) in [6.45, 7) is 4.08. The van der Waals surface area contributed by atoms with Crippen LogP contribution in [0.25, 0.3) is 17.2 Å². The van der Waals surface area contributed by atoms with Gasteiger partial charge in [-0.15, -0.1) is 0 Å². The predicted molar refractivity (Wildman–Crippen MR) is 82.2 cm³/mol. The molecule has 0 saturated heterocycles. The molecular formula is C17H14N2O2. The van der Waals surface area contributed by atoms with Crippen LogP contribution < -0.4 is 10.1 Å². The molecule has 0 bridgehead atoms. The van der Waals surface area contributed by atoms with Gasteiger partial charge in [0.25, 0.3) is 0 Å². The van der Waals surface area contributed by atoms with Gasteiger partial charge in [-0.1, -0.05) is 12.1 Å². The zero-order valence-corrected chi connectivity index (χ0v) is 11.8. The van der Waals surface area contributed by atoms with Crippen LogP contribution in [-0.2, 0) is 0 Å². The van der Waals surface area contributed by atoms with Crippen molar-refractivity contribution in [1.82, 2.24) is 4.98 Å². The van der Waals surface area contributed by atoms with Crippen LogP contribution >= 0.6 is 0 Å². The molecule has 0 radical (unpaired) electrons. The molecule has 4 nitrogen and oxygen atoms in total. The smallest absolute Gasteiger partial charge is 0.225 e. The molecule has 0 saturated carbocycles. The Kier molecular flexibility index (Phi) is 2.51. The molecule has 21 heavy (non-hydrogen) atoms. The number of nitrogens with zero attached hydrogens (tertiary/aromatic N) is 1. The number of nitrogens with one attached hydrogen (secondary N) is 1. The van der Waals surface area contributed by atoms with E-state index >= 15 is 0 Å². The maximum absolute atomic E-state index is 5.74. The lowest BCUT2D eigenvalue weighted by molar-refractivity contribution is 0.459. The topological polar surface area (TPSA) is 47.3 Å². The van der Waals surface area contributed by atoms with E-state index in [9.17, 15) is 0 Å². The Morgan fingerprint density at radius 2 is 1.86 bits per heavy atom. The quantitative estimate of drug-likeness (QED) is 0.723. The van der Waals surface area contributed by atoms with Crippen LogP contribution in [0.15, 0.2) is 46.7 Å². The van der Waals surface area contributed by atoms with E-state index in [4.69, 9.17) is 9.15 Å². The number of ether oxygens (including phenoxy) is 1. The third kappa shape index (κ3) is 2.14. The second kappa shape index (κ2) is 4.38. The summed E-state index contributed by atoms with van der Waals surface area (Å²) in [5.41, 5.74) is 4.94. The molecule has 104 valence electrons. The second-order valence-electron chi connectivity index (χ2n) is 5.26. The second-order valence-corrected chi connectivity index (χ2v) is 5.26. The summed E-state index contributed by atoms with van der Waals surface area (Å²) in [4.78, 5) is 4.45. The number of hydrogen-bond acceptors (Lipinski definition) is 4. The molecular weight excluding hydrogens is 264 g/mol. The van der Waals surface area contributed by atoms with E-state index in [1.54, 1.807) is 6.08 Å². The molecule has 1 aliphatic rings. The van der Waals surface area contributed by atoms with Crippen LogP contribution in [-0.4, -0.2) is 4.98 Å². The monoisotopic (exact) mass is 278 g/mol. The maximum Gasteiger partial charge on any atom is 0.225 e. The molecule has 0 atom stereocenters. The van der Waals surface area contributed by atoms with E-state index in [1.807, 2.05) is 50.2 Å². The Balaban J connectivity index is 1.68.